The molecule has 0 spiro atoms. The topological polar surface area (TPSA) is 20.2 Å². The van der Waals surface area contributed by atoms with Crippen molar-refractivity contribution < 1.29 is 31.4 Å². The van der Waals surface area contributed by atoms with E-state index >= 15 is 0 Å². The van der Waals surface area contributed by atoms with Crippen molar-refractivity contribution in [3.05, 3.63) is 35.1 Å². The van der Waals surface area contributed by atoms with Crippen LogP contribution in [0.5, 0.6) is 0 Å². The smallest absolute Gasteiger partial charge is 0.390 e. The molecule has 0 amide bonds. The van der Waals surface area contributed by atoms with Gasteiger partial charge in [-0.1, -0.05) is 0 Å². The van der Waals surface area contributed by atoms with Crippen LogP contribution < -0.4 is 0 Å². The van der Waals surface area contributed by atoms with Crippen molar-refractivity contribution in [1.82, 2.24) is 0 Å². The van der Waals surface area contributed by atoms with Gasteiger partial charge in [-0.15, -0.1) is 0 Å². The molecular weight excluding hydrogens is 238 g/mol. The molecule has 0 saturated heterocycles. The highest BCUT2D eigenvalue weighted by molar-refractivity contribution is 5.29. The number of hydrogen-bond acceptors (Lipinski definition) is 1. The van der Waals surface area contributed by atoms with Gasteiger partial charge in [-0.05, 0) is 18.2 Å². The molecule has 1 rings (SSSR count). The zero-order chi connectivity index (χ0) is 12.6. The Balaban J connectivity index is 3.29. The largest absolute Gasteiger partial charge is 0.416 e. The maximum atomic E-state index is 12.8. The van der Waals surface area contributed by atoms with Crippen LogP contribution in [0.1, 0.15) is 11.1 Å². The molecular formula is C9H6F6O. The summed E-state index contributed by atoms with van der Waals surface area (Å²) in [4.78, 5) is 0. The number of hydrogen-bond donors (Lipinski definition) is 1. The molecule has 0 unspecified atom stereocenters. The normalized spacial score (nSPS) is 12.9. The Morgan fingerprint density at radius 1 is 0.938 bits per heavy atom. The summed E-state index contributed by atoms with van der Waals surface area (Å²) in [6.07, 6.45) is -4.91. The van der Waals surface area contributed by atoms with Crippen molar-refractivity contribution in [3.8, 4) is 0 Å². The van der Waals surface area contributed by atoms with Gasteiger partial charge in [-0.2, -0.15) is 22.0 Å². The van der Waals surface area contributed by atoms with Gasteiger partial charge >= 0.3 is 6.18 Å². The molecule has 0 aliphatic heterocycles. The van der Waals surface area contributed by atoms with Gasteiger partial charge in [0.1, 0.15) is 12.4 Å². The van der Waals surface area contributed by atoms with E-state index in [1.807, 2.05) is 0 Å². The second-order valence-electron chi connectivity index (χ2n) is 3.09. The molecule has 0 atom stereocenters. The standard InChI is InChI=1S/C9H6F6O/c10-7-2-5(8(11,12)4-16)1-6(3-7)9(13,14)15/h1-3,16H,4H2. The molecule has 0 radical (unpaired) electrons. The zero-order valence-electron chi connectivity index (χ0n) is 7.65. The lowest BCUT2D eigenvalue weighted by Gasteiger charge is -2.15. The third-order valence-electron chi connectivity index (χ3n) is 1.85. The van der Waals surface area contributed by atoms with Crippen LogP contribution in [-0.4, -0.2) is 11.7 Å². The third kappa shape index (κ3) is 2.66. The Morgan fingerprint density at radius 2 is 1.44 bits per heavy atom. The lowest BCUT2D eigenvalue weighted by Crippen LogP contribution is -2.20. The molecule has 0 fully saturated rings. The molecule has 1 N–H and O–H groups in total. The van der Waals surface area contributed by atoms with Gasteiger partial charge in [0.2, 0.25) is 0 Å². The van der Waals surface area contributed by atoms with Crippen LogP contribution in [-0.2, 0) is 12.1 Å². The van der Waals surface area contributed by atoms with Crippen LogP contribution >= 0.6 is 0 Å². The average Bonchev–Trinajstić information content (AvgIpc) is 2.15. The first kappa shape index (κ1) is 12.8. The zero-order valence-corrected chi connectivity index (χ0v) is 7.65. The summed E-state index contributed by atoms with van der Waals surface area (Å²) in [5, 5.41) is 8.28. The van der Waals surface area contributed by atoms with Gasteiger partial charge in [-0.25, -0.2) is 4.39 Å². The molecule has 0 aliphatic carbocycles. The monoisotopic (exact) mass is 244 g/mol. The summed E-state index contributed by atoms with van der Waals surface area (Å²) in [5.74, 6) is -5.33. The molecule has 90 valence electrons. The predicted molar refractivity (Wildman–Crippen MR) is 42.4 cm³/mol. The lowest BCUT2D eigenvalue weighted by atomic mass is 10.1. The van der Waals surface area contributed by atoms with E-state index in [4.69, 9.17) is 5.11 Å². The van der Waals surface area contributed by atoms with Gasteiger partial charge in [0.25, 0.3) is 5.92 Å². The van der Waals surface area contributed by atoms with Gasteiger partial charge in [0.15, 0.2) is 0 Å². The number of halogens is 6. The third-order valence-corrected chi connectivity index (χ3v) is 1.85. The van der Waals surface area contributed by atoms with E-state index in [9.17, 15) is 26.3 Å². The molecule has 0 bridgehead atoms. The fourth-order valence-electron chi connectivity index (χ4n) is 1.06. The van der Waals surface area contributed by atoms with Crippen molar-refractivity contribution >= 4 is 0 Å². The average molecular weight is 244 g/mol. The molecule has 16 heavy (non-hydrogen) atoms. The molecule has 0 aromatic heterocycles. The van der Waals surface area contributed by atoms with Crippen LogP contribution in [0.15, 0.2) is 18.2 Å². The Morgan fingerprint density at radius 3 is 1.88 bits per heavy atom. The van der Waals surface area contributed by atoms with Crippen molar-refractivity contribution in [1.29, 1.82) is 0 Å². The quantitative estimate of drug-likeness (QED) is 0.793. The Labute approximate surface area is 86.3 Å². The van der Waals surface area contributed by atoms with Gasteiger partial charge in [0, 0.05) is 5.56 Å². The minimum Gasteiger partial charge on any atom is -0.390 e. The van der Waals surface area contributed by atoms with Gasteiger partial charge in [-0.3, -0.25) is 0 Å². The SMILES string of the molecule is OCC(F)(F)c1cc(F)cc(C(F)(F)F)c1. The predicted octanol–water partition coefficient (Wildman–Crippen LogP) is 2.93. The Bertz CT molecular complexity index is 384. The molecule has 0 heterocycles. The number of benzene rings is 1. The van der Waals surface area contributed by atoms with Crippen LogP contribution in [0.25, 0.3) is 0 Å². The van der Waals surface area contributed by atoms with Crippen molar-refractivity contribution in [2.45, 2.75) is 12.1 Å². The van der Waals surface area contributed by atoms with Gasteiger partial charge in [0.05, 0.1) is 5.56 Å². The van der Waals surface area contributed by atoms with Crippen molar-refractivity contribution in [2.24, 2.45) is 0 Å². The molecule has 0 saturated carbocycles. The van der Waals surface area contributed by atoms with E-state index in [2.05, 4.69) is 0 Å². The summed E-state index contributed by atoms with van der Waals surface area (Å²) in [7, 11) is 0. The lowest BCUT2D eigenvalue weighted by molar-refractivity contribution is -0.138. The van der Waals surface area contributed by atoms with E-state index in [0.717, 1.165) is 0 Å². The second kappa shape index (κ2) is 3.97. The van der Waals surface area contributed by atoms with Crippen LogP contribution in [0.4, 0.5) is 26.3 Å². The minimum absolute atomic E-state index is 0.108. The summed E-state index contributed by atoms with van der Waals surface area (Å²) >= 11 is 0. The van der Waals surface area contributed by atoms with Crippen LogP contribution in [0.2, 0.25) is 0 Å². The summed E-state index contributed by atoms with van der Waals surface area (Å²) < 4.78 is 74.9. The van der Waals surface area contributed by atoms with Crippen LogP contribution in [0.3, 0.4) is 0 Å². The first-order chi connectivity index (χ1) is 7.16. The first-order valence-corrected chi connectivity index (χ1v) is 4.04. The van der Waals surface area contributed by atoms with Crippen molar-refractivity contribution in [2.75, 3.05) is 6.61 Å². The van der Waals surface area contributed by atoms with Crippen LogP contribution in [0, 0.1) is 5.82 Å². The molecule has 1 nitrogen and oxygen atoms in total. The molecule has 1 aromatic rings. The maximum Gasteiger partial charge on any atom is 0.416 e. The highest BCUT2D eigenvalue weighted by Gasteiger charge is 2.36. The van der Waals surface area contributed by atoms with E-state index in [1.54, 1.807) is 0 Å². The van der Waals surface area contributed by atoms with E-state index < -0.39 is 35.6 Å². The molecule has 0 aliphatic rings. The summed E-state index contributed by atoms with van der Waals surface area (Å²) in [6.45, 7) is -1.69. The maximum absolute atomic E-state index is 12.8. The number of aliphatic hydroxyl groups excluding tert-OH is 1. The van der Waals surface area contributed by atoms with Gasteiger partial charge < -0.3 is 5.11 Å². The molecule has 7 heteroatoms. The highest BCUT2D eigenvalue weighted by Crippen LogP contribution is 2.34. The minimum atomic E-state index is -4.91. The number of rotatable bonds is 2. The highest BCUT2D eigenvalue weighted by atomic mass is 19.4. The Hall–Kier alpha value is -1.24. The number of aliphatic hydroxyl groups is 1. The summed E-state index contributed by atoms with van der Waals surface area (Å²) in [6, 6.07) is 0.474. The number of alkyl halides is 5. The molecule has 1 aromatic carbocycles. The van der Waals surface area contributed by atoms with Crippen molar-refractivity contribution in [3.63, 3.8) is 0 Å². The summed E-state index contributed by atoms with van der Waals surface area (Å²) in [5.41, 5.74) is -2.72. The van der Waals surface area contributed by atoms with E-state index in [1.165, 1.54) is 0 Å². The Kier molecular flexibility index (Phi) is 3.18. The second-order valence-corrected chi connectivity index (χ2v) is 3.09. The fraction of sp³-hybridized carbons (Fsp3) is 0.333. The fourth-order valence-corrected chi connectivity index (χ4v) is 1.06. The van der Waals surface area contributed by atoms with E-state index in [0.29, 0.717) is 0 Å². The van der Waals surface area contributed by atoms with E-state index in [-0.39, 0.29) is 18.2 Å². The first-order valence-electron chi connectivity index (χ1n) is 4.04.